The number of carbonyl (C=O) groups excluding carboxylic acids is 14. The molecule has 0 aliphatic heterocycles. The standard InChI is InChI=1S/C91H175FN28O28/c1-2-64(121)42-100-78(135)7-21-114(22-8-79(136)101-43-65(122)35-93)56-72(129)50-108-86(143)15-29-118(30-16-87(144)109-51-73(130)57-115(23-9-80(137)102-44-66(123)36-94)24-10-81(138)103-45-67(124)37-95)60-76(133)54-112-90(147)19-33-120(63-5-3-62(92)4-6-63)34-20-91(148)113-55-77(134)61-119(31-17-88(145)110-52-74(131)58-116(25-11-82(139)104-46-68(125)38-96)26-12-83(140)105-47-69(126)39-97)32-18-89(146)111-53-75(132)59-117(27-13-84(141)106-48-70(127)40-98)28-14-85(142)107-49-71(128)41-99/h3-6,64-77,121-134H,2,7-61,93-99H2,1H3,(H,100,135)(H,101,136)(H,102,137)(H,103,138)(H,104,139)(H,105,140)(H,106,141)(H,107,142)(H,108,143)(H,109,144)(H,110,145)(H,111,146)(H,112,147)(H,113,148). The van der Waals surface area contributed by atoms with Crippen molar-refractivity contribution >= 4 is 88.4 Å². The van der Waals surface area contributed by atoms with Crippen molar-refractivity contribution in [3.63, 3.8) is 0 Å². The lowest BCUT2D eigenvalue weighted by Crippen LogP contribution is -2.45. The summed E-state index contributed by atoms with van der Waals surface area (Å²) in [5, 5.41) is 183. The van der Waals surface area contributed by atoms with Gasteiger partial charge in [-0.15, -0.1) is 0 Å². The number of amides is 14. The summed E-state index contributed by atoms with van der Waals surface area (Å²) in [6, 6.07) is 5.12. The molecule has 0 bridgehead atoms. The van der Waals surface area contributed by atoms with Gasteiger partial charge in [-0.1, -0.05) is 6.92 Å². The highest BCUT2D eigenvalue weighted by atomic mass is 19.1. The molecule has 854 valence electrons. The van der Waals surface area contributed by atoms with Crippen molar-refractivity contribution in [3.8, 4) is 0 Å². The maximum absolute atomic E-state index is 14.5. The number of nitrogens with two attached hydrogens (primary N) is 7. The summed E-state index contributed by atoms with van der Waals surface area (Å²) in [5.74, 6) is -7.94. The highest BCUT2D eigenvalue weighted by molar-refractivity contribution is 5.82. The van der Waals surface area contributed by atoms with Crippen LogP contribution in [-0.4, -0.2) is 537 Å². The van der Waals surface area contributed by atoms with E-state index < -0.39 is 187 Å². The van der Waals surface area contributed by atoms with Crippen molar-refractivity contribution in [1.29, 1.82) is 0 Å². The van der Waals surface area contributed by atoms with Crippen LogP contribution in [0.1, 0.15) is 103 Å². The zero-order valence-electron chi connectivity index (χ0n) is 85.5. The first-order valence-corrected chi connectivity index (χ1v) is 50.4. The van der Waals surface area contributed by atoms with Gasteiger partial charge in [-0.3, -0.25) is 96.5 Å². The van der Waals surface area contributed by atoms with Crippen LogP contribution in [0.4, 0.5) is 10.1 Å². The number of halogens is 1. The number of hydrogen-bond donors (Lipinski definition) is 35. The molecule has 0 radical (unpaired) electrons. The number of aliphatic hydroxyl groups excluding tert-OH is 14. The van der Waals surface area contributed by atoms with Crippen LogP contribution in [0.5, 0.6) is 0 Å². The number of anilines is 1. The van der Waals surface area contributed by atoms with Gasteiger partial charge in [-0.25, -0.2) is 4.39 Å². The fraction of sp³-hybridized carbons (Fsp3) is 0.780. The highest BCUT2D eigenvalue weighted by Crippen LogP contribution is 2.17. The highest BCUT2D eigenvalue weighted by Gasteiger charge is 2.27. The van der Waals surface area contributed by atoms with Gasteiger partial charge in [0.15, 0.2) is 0 Å². The predicted molar refractivity (Wildman–Crippen MR) is 542 cm³/mol. The molecule has 14 amide bonds. The number of carbonyl (C=O) groups is 14. The second-order valence-electron chi connectivity index (χ2n) is 36.2. The van der Waals surface area contributed by atoms with Crippen LogP contribution in [0, 0.1) is 5.82 Å². The fourth-order valence-electron chi connectivity index (χ4n) is 13.8. The monoisotopic (exact) mass is 2130 g/mol. The molecule has 1 aromatic rings. The Hall–Kier alpha value is -9.55. The van der Waals surface area contributed by atoms with Crippen LogP contribution >= 0.6 is 0 Å². The smallest absolute Gasteiger partial charge is 0.221 e. The van der Waals surface area contributed by atoms with Crippen molar-refractivity contribution < 1.29 is 143 Å². The van der Waals surface area contributed by atoms with Crippen LogP contribution in [0.15, 0.2) is 24.3 Å². The van der Waals surface area contributed by atoms with Gasteiger partial charge in [0.2, 0.25) is 82.7 Å². The number of nitrogens with zero attached hydrogens (tertiary/aromatic N) is 7. The normalized spacial score (nSPS) is 14.4. The Labute approximate surface area is 863 Å². The van der Waals surface area contributed by atoms with E-state index in [1.807, 2.05) is 0 Å². The van der Waals surface area contributed by atoms with E-state index in [0.29, 0.717) is 12.1 Å². The Morgan fingerprint density at radius 3 is 0.459 bits per heavy atom. The summed E-state index contributed by atoms with van der Waals surface area (Å²) in [6.45, 7) is -3.68. The lowest BCUT2D eigenvalue weighted by atomic mass is 10.2. The van der Waals surface area contributed by atoms with E-state index in [2.05, 4.69) is 74.4 Å². The Morgan fingerprint density at radius 1 is 0.209 bits per heavy atom. The molecule has 0 aliphatic carbocycles. The molecule has 56 nitrogen and oxygen atoms in total. The molecular formula is C91H175FN28O28. The van der Waals surface area contributed by atoms with Gasteiger partial charge in [0, 0.05) is 364 Å². The van der Waals surface area contributed by atoms with Crippen LogP contribution in [-0.2, 0) is 67.1 Å². The zero-order valence-corrected chi connectivity index (χ0v) is 85.5. The predicted octanol–water partition coefficient (Wildman–Crippen LogP) is -18.3. The zero-order chi connectivity index (χ0) is 111. The maximum atomic E-state index is 14.5. The van der Waals surface area contributed by atoms with Crippen molar-refractivity contribution in [2.75, 3.05) is 273 Å². The number of hydrogen-bond acceptors (Lipinski definition) is 42. The molecule has 42 N–H and O–H groups in total. The maximum Gasteiger partial charge on any atom is 0.221 e. The molecule has 14 unspecified atom stereocenters. The molecule has 148 heavy (non-hydrogen) atoms. The molecule has 1 aromatic carbocycles. The summed E-state index contributed by atoms with van der Waals surface area (Å²) in [5.41, 5.74) is 38.6. The number of nitrogens with one attached hydrogen (secondary N) is 14. The second kappa shape index (κ2) is 83.1. The lowest BCUT2D eigenvalue weighted by molar-refractivity contribution is -0.124. The van der Waals surface area contributed by atoms with Crippen molar-refractivity contribution in [2.24, 2.45) is 40.1 Å². The summed E-state index contributed by atoms with van der Waals surface area (Å²) in [7, 11) is 0. The van der Waals surface area contributed by atoms with Crippen LogP contribution in [0.25, 0.3) is 0 Å². The first kappa shape index (κ1) is 136. The minimum absolute atomic E-state index is 0.00176. The summed E-state index contributed by atoms with van der Waals surface area (Å²) < 4.78 is 14.5. The van der Waals surface area contributed by atoms with Gasteiger partial charge in [0.05, 0.1) is 85.5 Å². The van der Waals surface area contributed by atoms with Gasteiger partial charge in [-0.05, 0) is 30.7 Å². The summed E-state index contributed by atoms with van der Waals surface area (Å²) in [6.07, 6.45) is -18.0. The molecule has 1 rings (SSSR count). The number of rotatable bonds is 91. The molecule has 0 saturated carbocycles. The van der Waals surface area contributed by atoms with E-state index in [9.17, 15) is 143 Å². The third-order valence-corrected chi connectivity index (χ3v) is 22.9. The molecule has 0 aliphatic rings. The third-order valence-electron chi connectivity index (χ3n) is 22.9. The fourth-order valence-corrected chi connectivity index (χ4v) is 13.8. The molecule has 0 heterocycles. The van der Waals surface area contributed by atoms with Gasteiger partial charge in [0.1, 0.15) is 5.82 Å². The quantitative estimate of drug-likeness (QED) is 0.0288. The van der Waals surface area contributed by atoms with Gasteiger partial charge in [-0.2, -0.15) is 0 Å². The van der Waals surface area contributed by atoms with Gasteiger partial charge < -0.3 is 191 Å². The van der Waals surface area contributed by atoms with E-state index in [-0.39, 0.29) is 345 Å². The second-order valence-corrected chi connectivity index (χ2v) is 36.2. The Bertz CT molecular complexity index is 3370. The summed E-state index contributed by atoms with van der Waals surface area (Å²) in [4.78, 5) is 195. The van der Waals surface area contributed by atoms with E-state index >= 15 is 0 Å². The van der Waals surface area contributed by atoms with Crippen molar-refractivity contribution in [3.05, 3.63) is 30.1 Å². The molecule has 14 atom stereocenters. The Morgan fingerprint density at radius 2 is 0.331 bits per heavy atom. The minimum atomic E-state index is -1.38. The van der Waals surface area contributed by atoms with E-state index in [1.165, 1.54) is 17.0 Å². The molecule has 0 aromatic heterocycles. The SMILES string of the molecule is CCC(O)CNC(=O)CCN(CCC(=O)NCC(O)CN)CC(O)CNC(=O)CCN(CCC(=O)NCC(O)CN(CCC(=O)NCC(O)CN)CCC(=O)NCC(O)CN)CC(O)CNC(=O)CCN(CCC(=O)NCC(O)CN(CCC(=O)NCC(O)CN(CCC(=O)NCC(O)CN)CCC(=O)NCC(O)CN)CCC(=O)NCC(O)CN(CCC(=O)NCC(O)CN)CCC(=O)NCC(O)CN)c1ccc(F)cc1. The lowest BCUT2D eigenvalue weighted by Gasteiger charge is -2.27. The summed E-state index contributed by atoms with van der Waals surface area (Å²) >= 11 is 0. The molecule has 57 heteroatoms. The van der Waals surface area contributed by atoms with Crippen LogP contribution in [0.2, 0.25) is 0 Å². The number of benzene rings is 1. The third kappa shape index (κ3) is 73.6. The topological polar surface area (TPSA) is 895 Å². The molecule has 0 spiro atoms. The Kier molecular flexibility index (Phi) is 76.7. The largest absolute Gasteiger partial charge is 0.391 e. The van der Waals surface area contributed by atoms with Crippen LogP contribution in [0.3, 0.4) is 0 Å². The van der Waals surface area contributed by atoms with Crippen molar-refractivity contribution in [2.45, 2.75) is 189 Å². The van der Waals surface area contributed by atoms with Crippen LogP contribution < -0.4 is 119 Å². The van der Waals surface area contributed by atoms with Crippen molar-refractivity contribution in [1.82, 2.24) is 104 Å². The number of aliphatic hydroxyl groups is 14. The average Bonchev–Trinajstić information content (AvgIpc) is 0.873. The average molecular weight is 2130 g/mol. The molecule has 0 saturated heterocycles. The van der Waals surface area contributed by atoms with Gasteiger partial charge in [0.25, 0.3) is 0 Å². The first-order chi connectivity index (χ1) is 70.4. The van der Waals surface area contributed by atoms with Gasteiger partial charge >= 0.3 is 0 Å². The Balaban J connectivity index is 3.53. The minimum Gasteiger partial charge on any atom is -0.391 e. The molecular weight excluding hydrogens is 1950 g/mol. The van der Waals surface area contributed by atoms with E-state index in [4.69, 9.17) is 40.1 Å². The van der Waals surface area contributed by atoms with E-state index in [0.717, 1.165) is 12.1 Å². The van der Waals surface area contributed by atoms with E-state index in [1.54, 1.807) is 36.3 Å². The first-order valence-electron chi connectivity index (χ1n) is 50.4. The molecule has 0 fully saturated rings.